The van der Waals surface area contributed by atoms with Gasteiger partial charge >= 0.3 is 14.2 Å². The number of rotatable bonds is 12. The number of hydrogen-bond acceptors (Lipinski definition) is 13. The molecule has 17 heteroatoms. The molecule has 2 saturated heterocycles. The monoisotopic (exact) mass is 838 g/mol. The van der Waals surface area contributed by atoms with E-state index in [0.29, 0.717) is 42.8 Å². The van der Waals surface area contributed by atoms with Crippen LogP contribution in [0.4, 0.5) is 0 Å². The van der Waals surface area contributed by atoms with Gasteiger partial charge in [0.2, 0.25) is 0 Å². The standard InChI is InChI=1S/C23H31BO7S.C14H13BO5S.C4H8O/c1-7-27-16-28-15-17-14-19(29-18-8-11-20(12-9-18)32(6,25)26)10-13-21(17)24-30-22(2,3)23(4,5)31-24;1-21(17,18)13-5-2-11(3-6-13)20-12-4-7-14-10(8-12)9-19-15(14)16;1-2-4-5-3-1/h8-14H,7,15-16H2,1-6H3;2-8,16H,9H2,1H3;1-4H2. The lowest BCUT2D eigenvalue weighted by atomic mass is 9.76. The minimum absolute atomic E-state index is 0.178. The molecule has 3 aliphatic heterocycles. The second kappa shape index (κ2) is 19.5. The van der Waals surface area contributed by atoms with E-state index in [4.69, 9.17) is 37.6 Å². The van der Waals surface area contributed by atoms with Gasteiger partial charge in [-0.25, -0.2) is 16.8 Å². The van der Waals surface area contributed by atoms with Gasteiger partial charge in [0, 0.05) is 32.3 Å². The summed E-state index contributed by atoms with van der Waals surface area (Å²) < 4.78 is 91.2. The molecule has 312 valence electrons. The van der Waals surface area contributed by atoms with Crippen LogP contribution in [0.15, 0.2) is 94.7 Å². The Morgan fingerprint density at radius 2 is 1.16 bits per heavy atom. The Morgan fingerprint density at radius 3 is 1.62 bits per heavy atom. The lowest BCUT2D eigenvalue weighted by Crippen LogP contribution is -2.41. The Morgan fingerprint density at radius 1 is 0.672 bits per heavy atom. The maximum atomic E-state index is 11.7. The van der Waals surface area contributed by atoms with Gasteiger partial charge in [0.15, 0.2) is 19.7 Å². The van der Waals surface area contributed by atoms with Crippen LogP contribution >= 0.6 is 0 Å². The number of benzene rings is 4. The molecule has 58 heavy (non-hydrogen) atoms. The van der Waals surface area contributed by atoms with Gasteiger partial charge in [0.1, 0.15) is 29.8 Å². The minimum Gasteiger partial charge on any atom is -0.457 e. The smallest absolute Gasteiger partial charge is 0.457 e. The summed E-state index contributed by atoms with van der Waals surface area (Å²) in [5, 5.41) is 9.55. The van der Waals surface area contributed by atoms with E-state index in [-0.39, 0.29) is 16.6 Å². The van der Waals surface area contributed by atoms with Crippen LogP contribution in [0.2, 0.25) is 0 Å². The number of ether oxygens (including phenoxy) is 5. The van der Waals surface area contributed by atoms with Crippen molar-refractivity contribution in [2.24, 2.45) is 0 Å². The SMILES string of the molecule is C1CCOC1.CCOCOCc1cc(Oc2ccc(S(C)(=O)=O)cc2)ccc1B1OC(C)(C)C(C)(C)O1.CS(=O)(=O)c1ccc(Oc2ccc3c(c2)COB3O)cc1. The lowest BCUT2D eigenvalue weighted by Gasteiger charge is -2.32. The molecule has 4 aromatic rings. The first-order valence-electron chi connectivity index (χ1n) is 19.0. The van der Waals surface area contributed by atoms with Crippen molar-refractivity contribution >= 4 is 44.8 Å². The highest BCUT2D eigenvalue weighted by atomic mass is 32.2. The third-order valence-corrected chi connectivity index (χ3v) is 12.1. The molecule has 0 bridgehead atoms. The zero-order valence-corrected chi connectivity index (χ0v) is 35.7. The van der Waals surface area contributed by atoms with Crippen LogP contribution in [-0.2, 0) is 61.1 Å². The van der Waals surface area contributed by atoms with Crippen LogP contribution in [0.1, 0.15) is 58.6 Å². The van der Waals surface area contributed by atoms with Crippen molar-refractivity contribution in [3.8, 4) is 23.0 Å². The predicted octanol–water partition coefficient (Wildman–Crippen LogP) is 5.59. The molecule has 0 aliphatic carbocycles. The summed E-state index contributed by atoms with van der Waals surface area (Å²) in [6, 6.07) is 23.4. The fourth-order valence-electron chi connectivity index (χ4n) is 5.83. The van der Waals surface area contributed by atoms with Gasteiger partial charge in [-0.1, -0.05) is 12.1 Å². The molecule has 7 rings (SSSR count). The van der Waals surface area contributed by atoms with E-state index in [9.17, 15) is 21.9 Å². The summed E-state index contributed by atoms with van der Waals surface area (Å²) in [5.41, 5.74) is 2.42. The number of fused-ring (bicyclic) bond motifs is 1. The minimum atomic E-state index is -3.26. The largest absolute Gasteiger partial charge is 0.495 e. The first kappa shape index (κ1) is 45.3. The van der Waals surface area contributed by atoms with Gasteiger partial charge in [0.25, 0.3) is 0 Å². The van der Waals surface area contributed by atoms with E-state index in [2.05, 4.69) is 0 Å². The maximum Gasteiger partial charge on any atom is 0.495 e. The average molecular weight is 839 g/mol. The van der Waals surface area contributed by atoms with Crippen LogP contribution in [-0.4, -0.2) is 86.4 Å². The number of hydrogen-bond donors (Lipinski definition) is 1. The molecule has 0 radical (unpaired) electrons. The van der Waals surface area contributed by atoms with Crippen LogP contribution < -0.4 is 20.4 Å². The molecule has 3 heterocycles. The van der Waals surface area contributed by atoms with E-state index in [1.165, 1.54) is 43.4 Å². The topological polar surface area (TPSA) is 162 Å². The van der Waals surface area contributed by atoms with E-state index in [0.717, 1.165) is 41.5 Å². The van der Waals surface area contributed by atoms with Crippen LogP contribution in [0.25, 0.3) is 0 Å². The molecule has 0 amide bonds. The Hall–Kier alpha value is -3.77. The Balaban J connectivity index is 0.000000209. The first-order valence-corrected chi connectivity index (χ1v) is 22.7. The fraction of sp³-hybridized carbons (Fsp3) is 0.415. The van der Waals surface area contributed by atoms with Gasteiger partial charge < -0.3 is 42.7 Å². The third kappa shape index (κ3) is 12.4. The summed E-state index contributed by atoms with van der Waals surface area (Å²) in [6.45, 7) is 13.3. The fourth-order valence-corrected chi connectivity index (χ4v) is 7.09. The van der Waals surface area contributed by atoms with Gasteiger partial charge in [-0.15, -0.1) is 0 Å². The molecule has 2 fully saturated rings. The second-order valence-electron chi connectivity index (χ2n) is 14.9. The van der Waals surface area contributed by atoms with Gasteiger partial charge in [-0.2, -0.15) is 0 Å². The molecular weight excluding hydrogens is 786 g/mol. The van der Waals surface area contributed by atoms with E-state index in [1.807, 2.05) is 52.8 Å². The third-order valence-electron chi connectivity index (χ3n) is 9.83. The predicted molar refractivity (Wildman–Crippen MR) is 222 cm³/mol. The van der Waals surface area contributed by atoms with Crippen molar-refractivity contribution < 1.29 is 59.5 Å². The summed E-state index contributed by atoms with van der Waals surface area (Å²) in [7, 11) is -7.87. The molecule has 0 atom stereocenters. The second-order valence-corrected chi connectivity index (χ2v) is 19.0. The van der Waals surface area contributed by atoms with E-state index < -0.39 is 45.1 Å². The molecule has 13 nitrogen and oxygen atoms in total. The number of sulfone groups is 2. The molecule has 0 unspecified atom stereocenters. The zero-order chi connectivity index (χ0) is 42.1. The normalized spacial score (nSPS) is 16.8. The zero-order valence-electron chi connectivity index (χ0n) is 34.1. The van der Waals surface area contributed by atoms with Gasteiger partial charge in [-0.05, 0) is 142 Å². The lowest BCUT2D eigenvalue weighted by molar-refractivity contribution is -0.0570. The van der Waals surface area contributed by atoms with Crippen LogP contribution in [0, 0.1) is 0 Å². The molecular formula is C41H52B2O13S2. The summed E-state index contributed by atoms with van der Waals surface area (Å²) >= 11 is 0. The Labute approximate surface area is 343 Å². The van der Waals surface area contributed by atoms with Crippen molar-refractivity contribution in [3.05, 3.63) is 96.1 Å². The maximum absolute atomic E-state index is 11.7. The van der Waals surface area contributed by atoms with Crippen molar-refractivity contribution in [3.63, 3.8) is 0 Å². The van der Waals surface area contributed by atoms with Crippen LogP contribution in [0.3, 0.4) is 0 Å². The van der Waals surface area contributed by atoms with Crippen LogP contribution in [0.5, 0.6) is 23.0 Å². The van der Waals surface area contributed by atoms with Crippen molar-refractivity contribution in [2.75, 3.05) is 39.1 Å². The Bertz CT molecular complexity index is 2170. The highest BCUT2D eigenvalue weighted by molar-refractivity contribution is 7.91. The molecule has 0 aromatic heterocycles. The molecule has 0 saturated carbocycles. The highest BCUT2D eigenvalue weighted by Gasteiger charge is 2.52. The molecule has 1 N–H and O–H groups in total. The molecule has 4 aromatic carbocycles. The van der Waals surface area contributed by atoms with Crippen molar-refractivity contribution in [2.45, 2.75) is 81.7 Å². The van der Waals surface area contributed by atoms with E-state index >= 15 is 0 Å². The Kier molecular flexibility index (Phi) is 15.3. The highest BCUT2D eigenvalue weighted by Crippen LogP contribution is 2.37. The molecule has 3 aliphatic rings. The quantitative estimate of drug-likeness (QED) is 0.107. The van der Waals surface area contributed by atoms with Crippen molar-refractivity contribution in [1.82, 2.24) is 0 Å². The van der Waals surface area contributed by atoms with Crippen molar-refractivity contribution in [1.29, 1.82) is 0 Å². The first-order chi connectivity index (χ1) is 27.4. The summed E-state index contributed by atoms with van der Waals surface area (Å²) in [5.74, 6) is 2.27. The van der Waals surface area contributed by atoms with Gasteiger partial charge in [-0.3, -0.25) is 0 Å². The van der Waals surface area contributed by atoms with E-state index in [1.54, 1.807) is 42.5 Å². The summed E-state index contributed by atoms with van der Waals surface area (Å²) in [6.07, 6.45) is 4.89. The molecule has 0 spiro atoms. The average Bonchev–Trinajstić information content (AvgIpc) is 3.91. The van der Waals surface area contributed by atoms with Gasteiger partial charge in [0.05, 0.1) is 34.2 Å². The summed E-state index contributed by atoms with van der Waals surface area (Å²) in [4.78, 5) is 0.492.